The van der Waals surface area contributed by atoms with E-state index >= 15 is 0 Å². The lowest BCUT2D eigenvalue weighted by Gasteiger charge is -2.23. The molecule has 3 rings (SSSR count). The number of nitrogens with zero attached hydrogens (tertiary/aromatic N) is 1. The zero-order valence-electron chi connectivity index (χ0n) is 11.3. The van der Waals surface area contributed by atoms with Crippen molar-refractivity contribution in [3.8, 4) is 5.75 Å². The van der Waals surface area contributed by atoms with Crippen LogP contribution < -0.4 is 10.1 Å². The Kier molecular flexibility index (Phi) is 3.75. The van der Waals surface area contributed by atoms with Crippen LogP contribution in [0.3, 0.4) is 0 Å². The molecule has 1 heterocycles. The van der Waals surface area contributed by atoms with E-state index in [0.717, 1.165) is 33.3 Å². The van der Waals surface area contributed by atoms with E-state index in [2.05, 4.69) is 26.2 Å². The molecule has 4 nitrogen and oxygen atoms in total. The second kappa shape index (κ2) is 5.69. The predicted molar refractivity (Wildman–Crippen MR) is 85.3 cm³/mol. The summed E-state index contributed by atoms with van der Waals surface area (Å²) in [6, 6.07) is 12.9. The summed E-state index contributed by atoms with van der Waals surface area (Å²) in [5.74, 6) is 1.42. The van der Waals surface area contributed by atoms with E-state index in [1.54, 1.807) is 7.11 Å². The molecule has 1 aliphatic rings. The van der Waals surface area contributed by atoms with Crippen molar-refractivity contribution in [1.82, 2.24) is 5.32 Å². The molecule has 0 aromatic heterocycles. The summed E-state index contributed by atoms with van der Waals surface area (Å²) >= 11 is 3.42. The number of aldehydes is 1. The summed E-state index contributed by atoms with van der Waals surface area (Å²) in [7, 11) is 1.62. The minimum absolute atomic E-state index is 0.406. The van der Waals surface area contributed by atoms with Crippen LogP contribution in [0.25, 0.3) is 0 Å². The number of rotatable bonds is 3. The van der Waals surface area contributed by atoms with Gasteiger partial charge in [0.15, 0.2) is 0 Å². The Bertz CT molecular complexity index is 728. The molecule has 1 atom stereocenters. The lowest BCUT2D eigenvalue weighted by molar-refractivity contribution is -0.109. The fraction of sp³-hybridized carbons (Fsp3) is 0.125. The number of halogens is 1. The average molecular weight is 345 g/mol. The molecule has 0 spiro atoms. The molecule has 0 bridgehead atoms. The summed E-state index contributed by atoms with van der Waals surface area (Å²) in [6.07, 6.45) is 0.889. The summed E-state index contributed by atoms with van der Waals surface area (Å²) in [4.78, 5) is 16.0. The van der Waals surface area contributed by atoms with Crippen LogP contribution in [0.4, 0.5) is 5.69 Å². The van der Waals surface area contributed by atoms with Gasteiger partial charge in [0.1, 0.15) is 23.9 Å². The van der Waals surface area contributed by atoms with Gasteiger partial charge in [-0.15, -0.1) is 0 Å². The molecular weight excluding hydrogens is 332 g/mol. The molecular formula is C16H13BrN2O2. The van der Waals surface area contributed by atoms with Gasteiger partial charge in [0.05, 0.1) is 12.8 Å². The fourth-order valence-electron chi connectivity index (χ4n) is 2.28. The molecule has 0 fully saturated rings. The highest BCUT2D eigenvalue weighted by atomic mass is 79.9. The largest absolute Gasteiger partial charge is 0.497 e. The first-order valence-electron chi connectivity index (χ1n) is 6.45. The van der Waals surface area contributed by atoms with E-state index < -0.39 is 6.04 Å². The molecule has 21 heavy (non-hydrogen) atoms. The zero-order valence-corrected chi connectivity index (χ0v) is 12.9. The number of aliphatic imine (C=N–C) groups is 1. The van der Waals surface area contributed by atoms with Crippen molar-refractivity contribution in [2.24, 2.45) is 4.99 Å². The Labute approximate surface area is 131 Å². The van der Waals surface area contributed by atoms with Gasteiger partial charge in [-0.3, -0.25) is 0 Å². The molecule has 0 saturated heterocycles. The van der Waals surface area contributed by atoms with E-state index in [4.69, 9.17) is 4.74 Å². The lowest BCUT2D eigenvalue weighted by Crippen LogP contribution is -2.32. The smallest absolute Gasteiger partial charge is 0.146 e. The molecule has 106 valence electrons. The Morgan fingerprint density at radius 1 is 1.29 bits per heavy atom. The molecule has 1 aliphatic heterocycles. The van der Waals surface area contributed by atoms with Gasteiger partial charge in [-0.25, -0.2) is 4.99 Å². The number of fused-ring (bicyclic) bond motifs is 1. The number of hydrogen-bond acceptors (Lipinski definition) is 4. The molecule has 5 heteroatoms. The lowest BCUT2D eigenvalue weighted by atomic mass is 10.0. The van der Waals surface area contributed by atoms with Crippen LogP contribution in [0.15, 0.2) is 51.9 Å². The highest BCUT2D eigenvalue weighted by Gasteiger charge is 2.22. The SMILES string of the molecule is COc1cccc(C2=Nc3ccc(Br)cc3C(C=O)N2)c1. The first kappa shape index (κ1) is 13.8. The summed E-state index contributed by atoms with van der Waals surface area (Å²) in [6.45, 7) is 0. The zero-order chi connectivity index (χ0) is 14.8. The Balaban J connectivity index is 2.08. The van der Waals surface area contributed by atoms with Crippen molar-refractivity contribution in [2.45, 2.75) is 6.04 Å². The molecule has 0 saturated carbocycles. The van der Waals surface area contributed by atoms with Crippen LogP contribution in [0.1, 0.15) is 17.2 Å². The quantitative estimate of drug-likeness (QED) is 0.868. The molecule has 0 radical (unpaired) electrons. The van der Waals surface area contributed by atoms with Gasteiger partial charge in [0, 0.05) is 15.6 Å². The van der Waals surface area contributed by atoms with E-state index in [9.17, 15) is 4.79 Å². The number of methoxy groups -OCH3 is 1. The van der Waals surface area contributed by atoms with Crippen molar-refractivity contribution >= 4 is 33.7 Å². The Morgan fingerprint density at radius 3 is 2.90 bits per heavy atom. The standard InChI is InChI=1S/C16H13BrN2O2/c1-21-12-4-2-3-10(7-12)16-18-14-6-5-11(17)8-13(14)15(9-20)19-16/h2-9,15H,1H3,(H,18,19). The van der Waals surface area contributed by atoms with Crippen LogP contribution >= 0.6 is 15.9 Å². The molecule has 0 aliphatic carbocycles. The van der Waals surface area contributed by atoms with Crippen LogP contribution in [0.5, 0.6) is 5.75 Å². The first-order valence-corrected chi connectivity index (χ1v) is 7.25. The van der Waals surface area contributed by atoms with Crippen LogP contribution in [-0.2, 0) is 4.79 Å². The highest BCUT2D eigenvalue weighted by molar-refractivity contribution is 9.10. The van der Waals surface area contributed by atoms with E-state index in [1.807, 2.05) is 42.5 Å². The minimum Gasteiger partial charge on any atom is -0.497 e. The molecule has 2 aromatic carbocycles. The summed E-state index contributed by atoms with van der Waals surface area (Å²) in [5, 5.41) is 3.16. The minimum atomic E-state index is -0.406. The van der Waals surface area contributed by atoms with Gasteiger partial charge in [-0.1, -0.05) is 28.1 Å². The number of ether oxygens (including phenoxy) is 1. The Hall–Kier alpha value is -2.14. The number of nitrogens with one attached hydrogen (secondary N) is 1. The topological polar surface area (TPSA) is 50.7 Å². The van der Waals surface area contributed by atoms with Crippen molar-refractivity contribution in [3.05, 3.63) is 58.1 Å². The summed E-state index contributed by atoms with van der Waals surface area (Å²) in [5.41, 5.74) is 2.55. The molecule has 1 N–H and O–H groups in total. The van der Waals surface area contributed by atoms with Crippen molar-refractivity contribution in [2.75, 3.05) is 7.11 Å². The van der Waals surface area contributed by atoms with Crippen molar-refractivity contribution in [3.63, 3.8) is 0 Å². The van der Waals surface area contributed by atoms with Gasteiger partial charge < -0.3 is 14.8 Å². The second-order valence-corrected chi connectivity index (χ2v) is 5.57. The number of carbonyl (C=O) groups excluding carboxylic acids is 1. The van der Waals surface area contributed by atoms with Crippen LogP contribution in [-0.4, -0.2) is 19.2 Å². The average Bonchev–Trinajstić information content (AvgIpc) is 2.54. The second-order valence-electron chi connectivity index (χ2n) is 4.65. The van der Waals surface area contributed by atoms with Gasteiger partial charge in [0.2, 0.25) is 0 Å². The molecule has 0 amide bonds. The fourth-order valence-corrected chi connectivity index (χ4v) is 2.66. The number of carbonyl (C=O) groups is 1. The van der Waals surface area contributed by atoms with Crippen LogP contribution in [0, 0.1) is 0 Å². The maximum Gasteiger partial charge on any atom is 0.146 e. The maximum absolute atomic E-state index is 11.4. The maximum atomic E-state index is 11.4. The Morgan fingerprint density at radius 2 is 2.14 bits per heavy atom. The molecule has 1 unspecified atom stereocenters. The number of hydrogen-bond donors (Lipinski definition) is 1. The van der Waals surface area contributed by atoms with Gasteiger partial charge >= 0.3 is 0 Å². The number of benzene rings is 2. The van der Waals surface area contributed by atoms with E-state index in [-0.39, 0.29) is 0 Å². The van der Waals surface area contributed by atoms with Gasteiger partial charge in [0.25, 0.3) is 0 Å². The normalized spacial score (nSPS) is 16.5. The van der Waals surface area contributed by atoms with Gasteiger partial charge in [-0.2, -0.15) is 0 Å². The predicted octanol–water partition coefficient (Wildman–Crippen LogP) is 3.38. The van der Waals surface area contributed by atoms with Gasteiger partial charge in [-0.05, 0) is 30.3 Å². The third-order valence-electron chi connectivity index (χ3n) is 3.33. The molecule has 2 aromatic rings. The third kappa shape index (κ3) is 2.69. The van der Waals surface area contributed by atoms with E-state index in [1.165, 1.54) is 0 Å². The first-order chi connectivity index (χ1) is 10.2. The monoisotopic (exact) mass is 344 g/mol. The number of amidine groups is 1. The highest BCUT2D eigenvalue weighted by Crippen LogP contribution is 2.32. The summed E-state index contributed by atoms with van der Waals surface area (Å²) < 4.78 is 6.15. The van der Waals surface area contributed by atoms with Crippen LogP contribution in [0.2, 0.25) is 0 Å². The third-order valence-corrected chi connectivity index (χ3v) is 3.82. The van der Waals surface area contributed by atoms with Crippen molar-refractivity contribution in [1.29, 1.82) is 0 Å². The van der Waals surface area contributed by atoms with E-state index in [0.29, 0.717) is 5.84 Å². The van der Waals surface area contributed by atoms with Crippen molar-refractivity contribution < 1.29 is 9.53 Å².